The average molecular weight is 264 g/mol. The highest BCUT2D eigenvalue weighted by molar-refractivity contribution is 5.44. The number of aromatic nitrogens is 2. The van der Waals surface area contributed by atoms with Gasteiger partial charge in [0, 0.05) is 25.2 Å². The molecule has 1 aromatic heterocycles. The van der Waals surface area contributed by atoms with Crippen LogP contribution in [0.3, 0.4) is 0 Å². The molecule has 19 heavy (non-hydrogen) atoms. The van der Waals surface area contributed by atoms with Gasteiger partial charge in [-0.15, -0.1) is 0 Å². The first-order valence-corrected chi connectivity index (χ1v) is 7.11. The van der Waals surface area contributed by atoms with Gasteiger partial charge >= 0.3 is 0 Å². The number of anilines is 1. The molecule has 0 bridgehead atoms. The third kappa shape index (κ3) is 3.15. The fraction of sp³-hybridized carbons (Fsp3) is 0.714. The summed E-state index contributed by atoms with van der Waals surface area (Å²) < 4.78 is 5.50. The van der Waals surface area contributed by atoms with E-state index in [1.165, 1.54) is 12.8 Å². The molecule has 1 saturated heterocycles. The van der Waals surface area contributed by atoms with Gasteiger partial charge in [-0.3, -0.25) is 0 Å². The first kappa shape index (κ1) is 14.1. The van der Waals surface area contributed by atoms with Crippen LogP contribution in [0.2, 0.25) is 0 Å². The third-order valence-electron chi connectivity index (χ3n) is 3.74. The molecule has 2 heterocycles. The van der Waals surface area contributed by atoms with Crippen molar-refractivity contribution in [2.45, 2.75) is 39.7 Å². The van der Waals surface area contributed by atoms with Crippen LogP contribution in [0.15, 0.2) is 6.07 Å². The van der Waals surface area contributed by atoms with E-state index in [2.05, 4.69) is 21.8 Å². The van der Waals surface area contributed by atoms with Crippen LogP contribution in [0.25, 0.3) is 0 Å². The minimum Gasteiger partial charge on any atom is -0.478 e. The minimum atomic E-state index is 0.359. The molecular formula is C14H24N4O. The van der Waals surface area contributed by atoms with Crippen molar-refractivity contribution in [3.63, 3.8) is 0 Å². The SMILES string of the molecule is CCOc1cc(N2CCCC(C)C2CN)nc(C)n1. The lowest BCUT2D eigenvalue weighted by molar-refractivity contribution is 0.322. The number of ether oxygens (including phenoxy) is 1. The largest absolute Gasteiger partial charge is 0.478 e. The highest BCUT2D eigenvalue weighted by Gasteiger charge is 2.28. The second-order valence-corrected chi connectivity index (χ2v) is 5.16. The smallest absolute Gasteiger partial charge is 0.218 e. The monoisotopic (exact) mass is 264 g/mol. The third-order valence-corrected chi connectivity index (χ3v) is 3.74. The second-order valence-electron chi connectivity index (χ2n) is 5.16. The molecule has 1 aliphatic heterocycles. The van der Waals surface area contributed by atoms with Crippen LogP contribution in [0.5, 0.6) is 5.88 Å². The molecular weight excluding hydrogens is 240 g/mol. The summed E-state index contributed by atoms with van der Waals surface area (Å²) in [6, 6.07) is 2.29. The summed E-state index contributed by atoms with van der Waals surface area (Å²) in [6.07, 6.45) is 2.42. The van der Waals surface area contributed by atoms with Crippen molar-refractivity contribution in [2.24, 2.45) is 11.7 Å². The summed E-state index contributed by atoms with van der Waals surface area (Å²) in [4.78, 5) is 11.2. The quantitative estimate of drug-likeness (QED) is 0.897. The van der Waals surface area contributed by atoms with Crippen LogP contribution in [-0.2, 0) is 0 Å². The van der Waals surface area contributed by atoms with Crippen molar-refractivity contribution < 1.29 is 4.74 Å². The maximum absolute atomic E-state index is 5.94. The van der Waals surface area contributed by atoms with Crippen molar-refractivity contribution >= 4 is 5.82 Å². The molecule has 5 nitrogen and oxygen atoms in total. The van der Waals surface area contributed by atoms with E-state index in [0.717, 1.165) is 18.2 Å². The molecule has 0 amide bonds. The van der Waals surface area contributed by atoms with Crippen LogP contribution >= 0.6 is 0 Å². The number of hydrogen-bond acceptors (Lipinski definition) is 5. The van der Waals surface area contributed by atoms with Gasteiger partial charge in [0.1, 0.15) is 11.6 Å². The number of piperidine rings is 1. The zero-order chi connectivity index (χ0) is 13.8. The van der Waals surface area contributed by atoms with E-state index >= 15 is 0 Å². The maximum Gasteiger partial charge on any atom is 0.218 e. The molecule has 2 unspecified atom stereocenters. The van der Waals surface area contributed by atoms with Crippen LogP contribution in [0, 0.1) is 12.8 Å². The molecule has 106 valence electrons. The number of aryl methyl sites for hydroxylation is 1. The van der Waals surface area contributed by atoms with Gasteiger partial charge in [0.05, 0.1) is 6.61 Å². The first-order valence-electron chi connectivity index (χ1n) is 7.11. The van der Waals surface area contributed by atoms with Crippen molar-refractivity contribution in [2.75, 3.05) is 24.6 Å². The lowest BCUT2D eigenvalue weighted by atomic mass is 9.91. The predicted molar refractivity (Wildman–Crippen MR) is 76.5 cm³/mol. The number of hydrogen-bond donors (Lipinski definition) is 1. The lowest BCUT2D eigenvalue weighted by Gasteiger charge is -2.40. The van der Waals surface area contributed by atoms with Gasteiger partial charge in [0.25, 0.3) is 0 Å². The van der Waals surface area contributed by atoms with E-state index in [4.69, 9.17) is 10.5 Å². The van der Waals surface area contributed by atoms with Crippen molar-refractivity contribution in [1.29, 1.82) is 0 Å². The van der Waals surface area contributed by atoms with Crippen molar-refractivity contribution in [3.05, 3.63) is 11.9 Å². The minimum absolute atomic E-state index is 0.359. The van der Waals surface area contributed by atoms with Crippen LogP contribution in [-0.4, -0.2) is 35.7 Å². The topological polar surface area (TPSA) is 64.3 Å². The number of rotatable bonds is 4. The van der Waals surface area contributed by atoms with Crippen LogP contribution in [0.4, 0.5) is 5.82 Å². The molecule has 2 atom stereocenters. The Balaban J connectivity index is 2.28. The molecule has 2 N–H and O–H groups in total. The van der Waals surface area contributed by atoms with Gasteiger partial charge in [-0.05, 0) is 32.6 Å². The Bertz CT molecular complexity index is 424. The first-order chi connectivity index (χ1) is 9.15. The van der Waals surface area contributed by atoms with Gasteiger partial charge in [-0.1, -0.05) is 6.92 Å². The molecule has 1 fully saturated rings. The van der Waals surface area contributed by atoms with Gasteiger partial charge in [-0.25, -0.2) is 4.98 Å². The van der Waals surface area contributed by atoms with Crippen molar-refractivity contribution in [3.8, 4) is 5.88 Å². The van der Waals surface area contributed by atoms with E-state index in [9.17, 15) is 0 Å². The number of nitrogens with zero attached hydrogens (tertiary/aromatic N) is 3. The Labute approximate surface area is 115 Å². The molecule has 1 aromatic rings. The Hall–Kier alpha value is -1.36. The van der Waals surface area contributed by atoms with E-state index in [1.807, 2.05) is 19.9 Å². The molecule has 2 rings (SSSR count). The highest BCUT2D eigenvalue weighted by Crippen LogP contribution is 2.28. The summed E-state index contributed by atoms with van der Waals surface area (Å²) in [5, 5.41) is 0. The summed E-state index contributed by atoms with van der Waals surface area (Å²) in [6.45, 7) is 8.41. The van der Waals surface area contributed by atoms with Crippen LogP contribution in [0.1, 0.15) is 32.5 Å². The summed E-state index contributed by atoms with van der Waals surface area (Å²) in [5.74, 6) is 2.94. The number of nitrogens with two attached hydrogens (primary N) is 1. The fourth-order valence-electron chi connectivity index (χ4n) is 2.79. The molecule has 0 spiro atoms. The summed E-state index contributed by atoms with van der Waals surface area (Å²) in [7, 11) is 0. The molecule has 1 aliphatic rings. The Morgan fingerprint density at radius 3 is 2.95 bits per heavy atom. The van der Waals surface area contributed by atoms with Crippen LogP contribution < -0.4 is 15.4 Å². The molecule has 0 aliphatic carbocycles. The Morgan fingerprint density at radius 2 is 2.26 bits per heavy atom. The maximum atomic E-state index is 5.94. The zero-order valence-corrected chi connectivity index (χ0v) is 12.1. The van der Waals surface area contributed by atoms with E-state index in [0.29, 0.717) is 31.0 Å². The molecule has 0 saturated carbocycles. The van der Waals surface area contributed by atoms with Crippen molar-refractivity contribution in [1.82, 2.24) is 9.97 Å². The predicted octanol–water partition coefficient (Wildman–Crippen LogP) is 1.75. The molecule has 0 aromatic carbocycles. The van der Waals surface area contributed by atoms with Gasteiger partial charge < -0.3 is 15.4 Å². The van der Waals surface area contributed by atoms with Gasteiger partial charge in [-0.2, -0.15) is 4.98 Å². The Kier molecular flexibility index (Phi) is 4.58. The lowest BCUT2D eigenvalue weighted by Crippen LogP contribution is -2.49. The summed E-state index contributed by atoms with van der Waals surface area (Å²) >= 11 is 0. The Morgan fingerprint density at radius 1 is 1.47 bits per heavy atom. The average Bonchev–Trinajstić information content (AvgIpc) is 2.38. The fourth-order valence-corrected chi connectivity index (χ4v) is 2.79. The highest BCUT2D eigenvalue weighted by atomic mass is 16.5. The van der Waals surface area contributed by atoms with Gasteiger partial charge in [0.15, 0.2) is 0 Å². The summed E-state index contributed by atoms with van der Waals surface area (Å²) in [5.41, 5.74) is 5.94. The molecule has 0 radical (unpaired) electrons. The zero-order valence-electron chi connectivity index (χ0n) is 12.1. The van der Waals surface area contributed by atoms with E-state index in [-0.39, 0.29) is 0 Å². The second kappa shape index (κ2) is 6.19. The van der Waals surface area contributed by atoms with E-state index in [1.54, 1.807) is 0 Å². The standard InChI is InChI=1S/C14H24N4O/c1-4-19-14-8-13(16-11(3)17-14)18-7-5-6-10(2)12(18)9-15/h8,10,12H,4-7,9,15H2,1-3H3. The van der Waals surface area contributed by atoms with Gasteiger partial charge in [0.2, 0.25) is 5.88 Å². The normalized spacial score (nSPS) is 23.5. The molecule has 5 heteroatoms. The van der Waals surface area contributed by atoms with E-state index < -0.39 is 0 Å².